The van der Waals surface area contributed by atoms with E-state index >= 15 is 0 Å². The molecular formula is C26H24F3N7O. The Morgan fingerprint density at radius 2 is 2.00 bits per heavy atom. The number of hydrogen-bond acceptors (Lipinski definition) is 8. The molecule has 3 aliphatic heterocycles. The molecule has 2 aromatic heterocycles. The van der Waals surface area contributed by atoms with Gasteiger partial charge in [0.05, 0.1) is 17.3 Å². The lowest BCUT2D eigenvalue weighted by atomic mass is 9.60. The standard InChI is InChI=1S/C26H24F3N7O/c27-26(28,29)37-17-3-1-16(2-4-17)33-21-11-15(6-8-32-21)23-34-20-13-31-12-18-19-5-7-25(19)14-30-9-10-36(25)24(35-23)22(18)20/h1-4,8,11-13,15,19,30,33H,5-7,9-10,14H2. The average molecular weight is 508 g/mol. The summed E-state index contributed by atoms with van der Waals surface area (Å²) >= 11 is 0. The van der Waals surface area contributed by atoms with Crippen molar-refractivity contribution in [1.29, 1.82) is 0 Å². The lowest BCUT2D eigenvalue weighted by Crippen LogP contribution is -2.70. The minimum absolute atomic E-state index is 0.0609. The highest BCUT2D eigenvalue weighted by Crippen LogP contribution is 2.57. The van der Waals surface area contributed by atoms with Crippen LogP contribution in [0.25, 0.3) is 10.9 Å². The van der Waals surface area contributed by atoms with Gasteiger partial charge in [0.1, 0.15) is 23.2 Å². The SMILES string of the molecule is FC(F)(F)Oc1ccc(NC2=CC(c3nc4c5c(cncc5n3)C3CCC35CNCCN45)CC=N2)cc1. The Bertz CT molecular complexity index is 1440. The van der Waals surface area contributed by atoms with Gasteiger partial charge in [0.15, 0.2) is 0 Å². The quantitative estimate of drug-likeness (QED) is 0.539. The van der Waals surface area contributed by atoms with Gasteiger partial charge in [-0.15, -0.1) is 13.2 Å². The highest BCUT2D eigenvalue weighted by atomic mass is 19.4. The number of alkyl halides is 3. The lowest BCUT2D eigenvalue weighted by molar-refractivity contribution is -0.274. The summed E-state index contributed by atoms with van der Waals surface area (Å²) in [5, 5.41) is 7.87. The van der Waals surface area contributed by atoms with Crippen LogP contribution in [0.4, 0.5) is 24.7 Å². The third-order valence-corrected chi connectivity index (χ3v) is 7.90. The van der Waals surface area contributed by atoms with E-state index in [1.165, 1.54) is 29.8 Å². The van der Waals surface area contributed by atoms with Crippen LogP contribution >= 0.6 is 0 Å². The van der Waals surface area contributed by atoms with Crippen LogP contribution in [-0.2, 0) is 0 Å². The summed E-state index contributed by atoms with van der Waals surface area (Å²) in [6, 6.07) is 5.56. The molecule has 1 aliphatic carbocycles. The van der Waals surface area contributed by atoms with Gasteiger partial charge in [-0.3, -0.25) is 4.98 Å². The summed E-state index contributed by atoms with van der Waals surface area (Å²) in [6.45, 7) is 2.78. The minimum atomic E-state index is -4.72. The normalized spacial score (nSPS) is 26.1. The second kappa shape index (κ2) is 8.14. The number of anilines is 2. The van der Waals surface area contributed by atoms with E-state index < -0.39 is 6.36 Å². The van der Waals surface area contributed by atoms with Gasteiger partial charge in [-0.05, 0) is 55.2 Å². The van der Waals surface area contributed by atoms with Crippen molar-refractivity contribution >= 4 is 28.6 Å². The molecule has 8 nitrogen and oxygen atoms in total. The number of benzene rings is 1. The first-order valence-corrected chi connectivity index (χ1v) is 12.4. The third-order valence-electron chi connectivity index (χ3n) is 7.90. The molecule has 5 heterocycles. The van der Waals surface area contributed by atoms with Crippen LogP contribution in [0, 0.1) is 0 Å². The summed E-state index contributed by atoms with van der Waals surface area (Å²) in [6.07, 6.45) is 5.81. The van der Waals surface area contributed by atoms with E-state index in [1.807, 2.05) is 24.7 Å². The first-order chi connectivity index (χ1) is 17.9. The van der Waals surface area contributed by atoms with Gasteiger partial charge in [-0.1, -0.05) is 0 Å². The maximum atomic E-state index is 12.4. The number of piperazine rings is 1. The van der Waals surface area contributed by atoms with Crippen molar-refractivity contribution in [2.75, 3.05) is 29.9 Å². The first kappa shape index (κ1) is 22.5. The van der Waals surface area contributed by atoms with Crippen molar-refractivity contribution in [3.63, 3.8) is 0 Å². The summed E-state index contributed by atoms with van der Waals surface area (Å²) in [4.78, 5) is 21.5. The molecule has 190 valence electrons. The van der Waals surface area contributed by atoms with Crippen molar-refractivity contribution in [2.45, 2.75) is 43.0 Å². The van der Waals surface area contributed by atoms with E-state index in [0.29, 0.717) is 29.7 Å². The van der Waals surface area contributed by atoms with Crippen molar-refractivity contribution in [2.24, 2.45) is 4.99 Å². The number of pyridine rings is 1. The van der Waals surface area contributed by atoms with Gasteiger partial charge in [0, 0.05) is 55.0 Å². The molecule has 0 bridgehead atoms. The number of aromatic nitrogens is 3. The Morgan fingerprint density at radius 1 is 1.14 bits per heavy atom. The minimum Gasteiger partial charge on any atom is -0.406 e. The van der Waals surface area contributed by atoms with Gasteiger partial charge in [-0.25, -0.2) is 15.0 Å². The molecule has 3 aromatic rings. The molecule has 11 heteroatoms. The van der Waals surface area contributed by atoms with Gasteiger partial charge in [0.25, 0.3) is 0 Å². The summed E-state index contributed by atoms with van der Waals surface area (Å²) in [7, 11) is 0. The molecule has 3 unspecified atom stereocenters. The van der Waals surface area contributed by atoms with Crippen molar-refractivity contribution in [3.8, 4) is 5.75 Å². The molecule has 37 heavy (non-hydrogen) atoms. The molecule has 0 amide bonds. The fraction of sp³-hybridized carbons (Fsp3) is 0.385. The Kier molecular flexibility index (Phi) is 4.94. The largest absolute Gasteiger partial charge is 0.573 e. The zero-order chi connectivity index (χ0) is 25.2. The number of aliphatic imine (C=N–C) groups is 1. The zero-order valence-electron chi connectivity index (χ0n) is 19.8. The van der Waals surface area contributed by atoms with Gasteiger partial charge < -0.3 is 20.3 Å². The van der Waals surface area contributed by atoms with Gasteiger partial charge in [0.2, 0.25) is 0 Å². The maximum absolute atomic E-state index is 12.4. The fourth-order valence-corrected chi connectivity index (χ4v) is 6.17. The number of nitrogens with zero attached hydrogens (tertiary/aromatic N) is 5. The van der Waals surface area contributed by atoms with Crippen LogP contribution in [-0.4, -0.2) is 52.7 Å². The molecule has 1 saturated carbocycles. The van der Waals surface area contributed by atoms with Gasteiger partial charge >= 0.3 is 6.36 Å². The predicted octanol–water partition coefficient (Wildman–Crippen LogP) is 4.47. The Hall–Kier alpha value is -3.73. The summed E-state index contributed by atoms with van der Waals surface area (Å²) in [5.74, 6) is 2.37. The number of ether oxygens (including phenoxy) is 1. The average Bonchev–Trinajstić information content (AvgIpc) is 2.87. The third kappa shape index (κ3) is 3.71. The smallest absolute Gasteiger partial charge is 0.406 e. The highest BCUT2D eigenvalue weighted by molar-refractivity contribution is 5.95. The van der Waals surface area contributed by atoms with Crippen LogP contribution in [0.5, 0.6) is 5.75 Å². The predicted molar refractivity (Wildman–Crippen MR) is 133 cm³/mol. The first-order valence-electron chi connectivity index (χ1n) is 12.4. The van der Waals surface area contributed by atoms with Crippen molar-refractivity contribution < 1.29 is 17.9 Å². The fourth-order valence-electron chi connectivity index (χ4n) is 6.17. The van der Waals surface area contributed by atoms with Crippen LogP contribution in [0.1, 0.15) is 42.5 Å². The number of halogens is 3. The Labute approximate surface area is 210 Å². The van der Waals surface area contributed by atoms with E-state index in [4.69, 9.17) is 9.97 Å². The Morgan fingerprint density at radius 3 is 2.78 bits per heavy atom. The van der Waals surface area contributed by atoms with Crippen molar-refractivity contribution in [3.05, 3.63) is 59.9 Å². The highest BCUT2D eigenvalue weighted by Gasteiger charge is 2.56. The van der Waals surface area contributed by atoms with E-state index in [1.54, 1.807) is 0 Å². The second-order valence-corrected chi connectivity index (χ2v) is 9.95. The van der Waals surface area contributed by atoms with Crippen LogP contribution < -0.4 is 20.3 Å². The molecule has 2 N–H and O–H groups in total. The second-order valence-electron chi connectivity index (χ2n) is 9.95. The number of rotatable bonds is 4. The van der Waals surface area contributed by atoms with E-state index in [-0.39, 0.29) is 17.2 Å². The van der Waals surface area contributed by atoms with Crippen LogP contribution in [0.15, 0.2) is 53.5 Å². The number of fused-ring (bicyclic) bond motifs is 2. The summed E-state index contributed by atoms with van der Waals surface area (Å²) in [5.41, 5.74) is 2.78. The molecule has 1 aromatic carbocycles. The zero-order valence-corrected chi connectivity index (χ0v) is 19.8. The molecule has 1 spiro atoms. The number of allylic oxidation sites excluding steroid dienone is 1. The van der Waals surface area contributed by atoms with E-state index in [9.17, 15) is 13.2 Å². The molecule has 7 rings (SSSR count). The summed E-state index contributed by atoms with van der Waals surface area (Å²) < 4.78 is 41.3. The van der Waals surface area contributed by atoms with E-state index in [0.717, 1.165) is 49.2 Å². The van der Waals surface area contributed by atoms with E-state index in [2.05, 4.69) is 30.2 Å². The molecule has 0 radical (unpaired) electrons. The molecular weight excluding hydrogens is 483 g/mol. The molecule has 3 atom stereocenters. The topological polar surface area (TPSA) is 87.6 Å². The van der Waals surface area contributed by atoms with Gasteiger partial charge in [-0.2, -0.15) is 0 Å². The molecule has 1 saturated heterocycles. The lowest BCUT2D eigenvalue weighted by Gasteiger charge is -2.61. The van der Waals surface area contributed by atoms with Crippen LogP contribution in [0.2, 0.25) is 0 Å². The maximum Gasteiger partial charge on any atom is 0.573 e. The van der Waals surface area contributed by atoms with Crippen LogP contribution in [0.3, 0.4) is 0 Å². The monoisotopic (exact) mass is 507 g/mol. The molecule has 4 aliphatic rings. The number of hydrogen-bond donors (Lipinski definition) is 2. The van der Waals surface area contributed by atoms with Crippen molar-refractivity contribution in [1.82, 2.24) is 20.3 Å². The number of nitrogens with one attached hydrogen (secondary N) is 2. The Balaban J connectivity index is 1.20. The molecule has 2 fully saturated rings.